The number of aromatic nitrogens is 1. The normalized spacial score (nSPS) is 24.4. The number of pyridine rings is 1. The molecule has 1 aromatic heterocycles. The highest BCUT2D eigenvalue weighted by atomic mass is 35.5. The van der Waals surface area contributed by atoms with E-state index in [2.05, 4.69) is 4.98 Å². The first-order chi connectivity index (χ1) is 13.5. The molecule has 0 radical (unpaired) electrons. The molecule has 156 valence electrons. The van der Waals surface area contributed by atoms with Crippen LogP contribution in [0.4, 0.5) is 0 Å². The highest BCUT2D eigenvalue weighted by Gasteiger charge is 2.37. The van der Waals surface area contributed by atoms with Crippen molar-refractivity contribution in [2.45, 2.75) is 50.7 Å². The maximum absolute atomic E-state index is 13.0. The second kappa shape index (κ2) is 9.65. The van der Waals surface area contributed by atoms with Gasteiger partial charge in [-0.3, -0.25) is 9.78 Å². The van der Waals surface area contributed by atoms with Crippen LogP contribution in [-0.2, 0) is 11.2 Å². The van der Waals surface area contributed by atoms with Crippen molar-refractivity contribution in [3.8, 4) is 11.1 Å². The van der Waals surface area contributed by atoms with Crippen LogP contribution in [0.15, 0.2) is 36.7 Å². The Morgan fingerprint density at radius 2 is 1.62 bits per heavy atom. The van der Waals surface area contributed by atoms with E-state index in [4.69, 9.17) is 23.2 Å². The molecule has 1 aliphatic carbocycles. The summed E-state index contributed by atoms with van der Waals surface area (Å²) in [6, 6.07) is 7.93. The number of aliphatic hydroxyl groups is 1. The Morgan fingerprint density at radius 3 is 2.24 bits per heavy atom. The van der Waals surface area contributed by atoms with Crippen molar-refractivity contribution in [2.24, 2.45) is 5.92 Å². The molecule has 4 rings (SSSR count). The number of halogens is 3. The van der Waals surface area contributed by atoms with Crippen LogP contribution in [0.25, 0.3) is 11.1 Å². The monoisotopic (exact) mass is 454 g/mol. The van der Waals surface area contributed by atoms with Crippen molar-refractivity contribution in [1.82, 2.24) is 9.88 Å². The van der Waals surface area contributed by atoms with E-state index in [1.165, 1.54) is 0 Å². The van der Waals surface area contributed by atoms with Crippen LogP contribution >= 0.6 is 35.6 Å². The van der Waals surface area contributed by atoms with Crippen LogP contribution in [0, 0.1) is 5.92 Å². The maximum Gasteiger partial charge on any atom is 0.226 e. The minimum Gasteiger partial charge on any atom is -0.393 e. The van der Waals surface area contributed by atoms with E-state index in [0.29, 0.717) is 16.5 Å². The molecule has 1 aromatic carbocycles. The Balaban J connectivity index is 0.00000240. The van der Waals surface area contributed by atoms with Gasteiger partial charge in [0.15, 0.2) is 0 Å². The lowest BCUT2D eigenvalue weighted by Gasteiger charge is -2.33. The maximum atomic E-state index is 13.0. The van der Waals surface area contributed by atoms with Crippen LogP contribution < -0.4 is 0 Å². The quantitative estimate of drug-likeness (QED) is 0.692. The molecule has 4 nitrogen and oxygen atoms in total. The average molecular weight is 456 g/mol. The van der Waals surface area contributed by atoms with Gasteiger partial charge >= 0.3 is 0 Å². The third-order valence-corrected chi connectivity index (χ3v) is 6.74. The molecule has 7 heteroatoms. The minimum atomic E-state index is -0.207. The summed E-state index contributed by atoms with van der Waals surface area (Å²) >= 11 is 13.1. The lowest BCUT2D eigenvalue weighted by Crippen LogP contribution is -2.41. The van der Waals surface area contributed by atoms with E-state index < -0.39 is 0 Å². The number of aliphatic hydroxyl groups excluding tert-OH is 1. The SMILES string of the molecule is Cl.O=C1C(Cc2c(Cl)cc(-c3ccncc3)cc2Cl)CCN1C1CCC(O)CC1. The van der Waals surface area contributed by atoms with E-state index in [9.17, 15) is 9.90 Å². The van der Waals surface area contributed by atoms with Crippen LogP contribution in [0.3, 0.4) is 0 Å². The summed E-state index contributed by atoms with van der Waals surface area (Å²) in [7, 11) is 0. The van der Waals surface area contributed by atoms with Crippen molar-refractivity contribution >= 4 is 41.5 Å². The van der Waals surface area contributed by atoms with Gasteiger partial charge in [-0.1, -0.05) is 23.2 Å². The number of likely N-dealkylation sites (tertiary alicyclic amines) is 1. The highest BCUT2D eigenvalue weighted by molar-refractivity contribution is 6.36. The predicted molar refractivity (Wildman–Crippen MR) is 119 cm³/mol. The van der Waals surface area contributed by atoms with E-state index in [0.717, 1.165) is 55.3 Å². The second-order valence-electron chi connectivity index (χ2n) is 7.84. The molecular formula is C22H25Cl3N2O2. The summed E-state index contributed by atoms with van der Waals surface area (Å²) in [5, 5.41) is 10.9. The molecule has 1 saturated heterocycles. The standard InChI is InChI=1S/C22H24Cl2N2O2.ClH/c23-20-12-16(14-5-8-25-9-6-14)13-21(24)19(20)11-15-7-10-26(22(15)28)17-1-3-18(27)4-2-17;/h5-6,8-9,12-13,15,17-18,27H,1-4,7,10-11H2;1H. The Labute approximate surface area is 187 Å². The molecule has 0 spiro atoms. The van der Waals surface area contributed by atoms with Crippen LogP contribution in [0.2, 0.25) is 10.0 Å². The van der Waals surface area contributed by atoms with Gasteiger partial charge in [0.2, 0.25) is 5.91 Å². The van der Waals surface area contributed by atoms with Gasteiger partial charge in [-0.2, -0.15) is 0 Å². The third-order valence-electron chi connectivity index (χ3n) is 6.06. The zero-order valence-electron chi connectivity index (χ0n) is 16.1. The molecule has 1 N–H and O–H groups in total. The minimum absolute atomic E-state index is 0. The van der Waals surface area contributed by atoms with Gasteiger partial charge in [0.1, 0.15) is 0 Å². The fourth-order valence-corrected chi connectivity index (χ4v) is 5.08. The topological polar surface area (TPSA) is 53.4 Å². The summed E-state index contributed by atoms with van der Waals surface area (Å²) < 4.78 is 0. The van der Waals surface area contributed by atoms with Crippen LogP contribution in [-0.4, -0.2) is 39.6 Å². The Morgan fingerprint density at radius 1 is 1.00 bits per heavy atom. The number of nitrogens with zero attached hydrogens (tertiary/aromatic N) is 2. The molecule has 1 atom stereocenters. The third kappa shape index (κ3) is 4.88. The molecule has 2 fully saturated rings. The number of carbonyl (C=O) groups is 1. The van der Waals surface area contributed by atoms with Crippen molar-refractivity contribution in [3.05, 3.63) is 52.3 Å². The molecule has 2 aromatic rings. The van der Waals surface area contributed by atoms with Gasteiger partial charge in [0.25, 0.3) is 0 Å². The zero-order chi connectivity index (χ0) is 19.7. The Bertz CT molecular complexity index is 831. The van der Waals surface area contributed by atoms with Gasteiger partial charge < -0.3 is 10.0 Å². The largest absolute Gasteiger partial charge is 0.393 e. The number of amides is 1. The lowest BCUT2D eigenvalue weighted by atomic mass is 9.92. The molecule has 1 amide bonds. The smallest absolute Gasteiger partial charge is 0.226 e. The number of benzene rings is 1. The highest BCUT2D eigenvalue weighted by Crippen LogP contribution is 2.36. The number of carbonyl (C=O) groups excluding carboxylic acids is 1. The molecule has 29 heavy (non-hydrogen) atoms. The van der Waals surface area contributed by atoms with Crippen LogP contribution in [0.1, 0.15) is 37.7 Å². The summed E-state index contributed by atoms with van der Waals surface area (Å²) in [6.07, 6.45) is 8.02. The molecule has 1 saturated carbocycles. The fraction of sp³-hybridized carbons (Fsp3) is 0.455. The van der Waals surface area contributed by atoms with Crippen molar-refractivity contribution in [1.29, 1.82) is 0 Å². The second-order valence-corrected chi connectivity index (χ2v) is 8.65. The van der Waals surface area contributed by atoms with E-state index in [-0.39, 0.29) is 36.4 Å². The Kier molecular flexibility index (Phi) is 7.44. The summed E-state index contributed by atoms with van der Waals surface area (Å²) in [4.78, 5) is 19.0. The van der Waals surface area contributed by atoms with Crippen molar-refractivity contribution < 1.29 is 9.90 Å². The Hall–Kier alpha value is -1.33. The average Bonchev–Trinajstić information content (AvgIpc) is 3.06. The van der Waals surface area contributed by atoms with Crippen molar-refractivity contribution in [2.75, 3.05) is 6.54 Å². The number of hydrogen-bond acceptors (Lipinski definition) is 3. The molecule has 1 aliphatic heterocycles. The van der Waals surface area contributed by atoms with E-state index >= 15 is 0 Å². The molecular weight excluding hydrogens is 431 g/mol. The van der Waals surface area contributed by atoms with Gasteiger partial charge in [-0.05, 0) is 79.5 Å². The number of hydrogen-bond donors (Lipinski definition) is 1. The van der Waals surface area contributed by atoms with E-state index in [1.54, 1.807) is 12.4 Å². The fourth-order valence-electron chi connectivity index (χ4n) is 4.44. The first-order valence-electron chi connectivity index (χ1n) is 9.90. The van der Waals surface area contributed by atoms with Crippen molar-refractivity contribution in [3.63, 3.8) is 0 Å². The first-order valence-corrected chi connectivity index (χ1v) is 10.7. The predicted octanol–water partition coefficient (Wildman–Crippen LogP) is 5.17. The molecule has 1 unspecified atom stereocenters. The number of rotatable bonds is 4. The molecule has 0 bridgehead atoms. The van der Waals surface area contributed by atoms with E-state index in [1.807, 2.05) is 29.2 Å². The molecule has 2 aliphatic rings. The van der Waals surface area contributed by atoms with Gasteiger partial charge in [-0.15, -0.1) is 12.4 Å². The van der Waals surface area contributed by atoms with Crippen LogP contribution in [0.5, 0.6) is 0 Å². The lowest BCUT2D eigenvalue weighted by molar-refractivity contribution is -0.133. The summed E-state index contributed by atoms with van der Waals surface area (Å²) in [6.45, 7) is 0.786. The zero-order valence-corrected chi connectivity index (χ0v) is 18.4. The van der Waals surface area contributed by atoms with Gasteiger partial charge in [-0.25, -0.2) is 0 Å². The van der Waals surface area contributed by atoms with Gasteiger partial charge in [0, 0.05) is 40.9 Å². The first kappa shape index (κ1) is 22.4. The summed E-state index contributed by atoms with van der Waals surface area (Å²) in [5.41, 5.74) is 2.80. The summed E-state index contributed by atoms with van der Waals surface area (Å²) in [5.74, 6) is 0.125. The van der Waals surface area contributed by atoms with Gasteiger partial charge in [0.05, 0.1) is 6.10 Å². The molecule has 2 heterocycles.